The van der Waals surface area contributed by atoms with Gasteiger partial charge in [0, 0.05) is 47.9 Å². The molecule has 8 heteroatoms. The molecule has 1 aliphatic carbocycles. The highest BCUT2D eigenvalue weighted by atomic mass is 32.2. The molecule has 2 aromatic carbocycles. The normalized spacial score (nSPS) is 17.4. The number of hydrogen-bond donors (Lipinski definition) is 2. The Morgan fingerprint density at radius 3 is 2.75 bits per heavy atom. The molecule has 1 aromatic heterocycles. The minimum atomic E-state index is -0.0189. The summed E-state index contributed by atoms with van der Waals surface area (Å²) in [6, 6.07) is 16.5. The van der Waals surface area contributed by atoms with Crippen molar-refractivity contribution in [1.82, 2.24) is 14.9 Å². The third kappa shape index (κ3) is 6.34. The highest BCUT2D eigenvalue weighted by molar-refractivity contribution is 8.03. The zero-order chi connectivity index (χ0) is 27.9. The third-order valence-electron chi connectivity index (χ3n) is 7.78. The molecule has 0 saturated carbocycles. The Morgan fingerprint density at radius 1 is 1.12 bits per heavy atom. The van der Waals surface area contributed by atoms with Crippen molar-refractivity contribution in [1.29, 1.82) is 0 Å². The number of piperidine rings is 1. The standard InChI is InChI=1S/C32H39N5O2S/c1-3-36(4-2)31(39)24-14-11-19-37(21-24)30-26-15-7-8-16-27(26)34-32(35-30)33-20-23-12-5-9-17-28(23)40-29-18-10-6-13-25(29)22-38/h5,7-10,12,15-18,24,38H,3-4,6,11,13-14,19-22H2,1-2H3,(H,33,34,35). The summed E-state index contributed by atoms with van der Waals surface area (Å²) < 4.78 is 0. The Morgan fingerprint density at radius 2 is 1.93 bits per heavy atom. The summed E-state index contributed by atoms with van der Waals surface area (Å²) in [4.78, 5) is 29.5. The maximum atomic E-state index is 13.2. The number of benzene rings is 2. The highest BCUT2D eigenvalue weighted by Gasteiger charge is 2.30. The molecule has 210 valence electrons. The van der Waals surface area contributed by atoms with E-state index < -0.39 is 0 Å². The molecule has 1 atom stereocenters. The quantitative estimate of drug-likeness (QED) is 0.316. The Labute approximate surface area is 241 Å². The second kappa shape index (κ2) is 13.3. The molecule has 0 spiro atoms. The molecule has 3 aromatic rings. The van der Waals surface area contributed by atoms with Crippen LogP contribution in [0, 0.1) is 5.92 Å². The van der Waals surface area contributed by atoms with Gasteiger partial charge in [0.2, 0.25) is 11.9 Å². The molecule has 40 heavy (non-hydrogen) atoms. The Kier molecular flexibility index (Phi) is 9.39. The molecule has 2 N–H and O–H groups in total. The van der Waals surface area contributed by atoms with Crippen LogP contribution in [0.1, 0.15) is 45.1 Å². The van der Waals surface area contributed by atoms with Crippen LogP contribution >= 0.6 is 11.8 Å². The first kappa shape index (κ1) is 28.2. The van der Waals surface area contributed by atoms with Gasteiger partial charge in [-0.15, -0.1) is 0 Å². The van der Waals surface area contributed by atoms with Gasteiger partial charge in [0.25, 0.3) is 0 Å². The van der Waals surface area contributed by atoms with Crippen LogP contribution in [0.2, 0.25) is 0 Å². The van der Waals surface area contributed by atoms with E-state index >= 15 is 0 Å². The van der Waals surface area contributed by atoms with Gasteiger partial charge in [-0.25, -0.2) is 4.98 Å². The molecule has 1 aliphatic heterocycles. The maximum Gasteiger partial charge on any atom is 0.227 e. The number of aliphatic hydroxyl groups excluding tert-OH is 1. The SMILES string of the molecule is CCN(CC)C(=O)C1CCCN(c2nc(NCc3ccccc3SC3=C(CO)CCC=C3)nc3ccccc23)C1. The number of anilines is 2. The summed E-state index contributed by atoms with van der Waals surface area (Å²) in [5, 5.41) is 14.3. The number of carbonyl (C=O) groups excluding carboxylic acids is 1. The van der Waals surface area contributed by atoms with Crippen molar-refractivity contribution >= 4 is 40.3 Å². The number of allylic oxidation sites excluding steroid dienone is 2. The van der Waals surface area contributed by atoms with Crippen molar-refractivity contribution in [2.24, 2.45) is 5.92 Å². The average Bonchev–Trinajstić information content (AvgIpc) is 3.01. The molecular weight excluding hydrogens is 518 g/mol. The maximum absolute atomic E-state index is 13.2. The van der Waals surface area contributed by atoms with E-state index in [0.717, 1.165) is 83.0 Å². The van der Waals surface area contributed by atoms with E-state index in [2.05, 4.69) is 46.6 Å². The molecule has 5 rings (SSSR count). The molecule has 1 amide bonds. The van der Waals surface area contributed by atoms with Gasteiger partial charge in [0.05, 0.1) is 18.0 Å². The number of rotatable bonds is 10. The zero-order valence-electron chi connectivity index (χ0n) is 23.5. The number of nitrogens with one attached hydrogen (secondary N) is 1. The summed E-state index contributed by atoms with van der Waals surface area (Å²) in [7, 11) is 0. The fourth-order valence-corrected chi connectivity index (χ4v) is 6.67. The van der Waals surface area contributed by atoms with Crippen LogP contribution in [0.3, 0.4) is 0 Å². The predicted octanol–water partition coefficient (Wildman–Crippen LogP) is 6.02. The average molecular weight is 558 g/mol. The van der Waals surface area contributed by atoms with E-state index in [4.69, 9.17) is 9.97 Å². The lowest BCUT2D eigenvalue weighted by Gasteiger charge is -2.35. The van der Waals surface area contributed by atoms with Crippen LogP contribution in [0.5, 0.6) is 0 Å². The van der Waals surface area contributed by atoms with E-state index in [9.17, 15) is 9.90 Å². The number of carbonyl (C=O) groups is 1. The monoisotopic (exact) mass is 557 g/mol. The fourth-order valence-electron chi connectivity index (χ4n) is 5.54. The molecule has 7 nitrogen and oxygen atoms in total. The summed E-state index contributed by atoms with van der Waals surface area (Å²) in [5.41, 5.74) is 3.13. The Balaban J connectivity index is 1.38. The van der Waals surface area contributed by atoms with Gasteiger partial charge in [-0.1, -0.05) is 54.2 Å². The molecule has 0 radical (unpaired) electrons. The fraction of sp³-hybridized carbons (Fsp3) is 0.406. The van der Waals surface area contributed by atoms with E-state index in [1.807, 2.05) is 43.0 Å². The molecule has 2 heterocycles. The van der Waals surface area contributed by atoms with Crippen molar-refractivity contribution in [2.45, 2.75) is 51.0 Å². The van der Waals surface area contributed by atoms with E-state index in [1.165, 1.54) is 0 Å². The van der Waals surface area contributed by atoms with Gasteiger partial charge in [0.15, 0.2) is 0 Å². The number of aliphatic hydroxyl groups is 1. The van der Waals surface area contributed by atoms with E-state index in [0.29, 0.717) is 19.0 Å². The minimum absolute atomic E-state index is 0.0189. The first-order valence-electron chi connectivity index (χ1n) is 14.4. The van der Waals surface area contributed by atoms with Crippen LogP contribution in [0.25, 0.3) is 10.9 Å². The Bertz CT molecular complexity index is 1400. The van der Waals surface area contributed by atoms with Crippen LogP contribution in [0.15, 0.2) is 76.1 Å². The zero-order valence-corrected chi connectivity index (χ0v) is 24.3. The number of aromatic nitrogens is 2. The predicted molar refractivity (Wildman–Crippen MR) is 165 cm³/mol. The molecular formula is C32H39N5O2S. The van der Waals surface area contributed by atoms with Gasteiger partial charge in [-0.05, 0) is 68.9 Å². The van der Waals surface area contributed by atoms with Gasteiger partial charge >= 0.3 is 0 Å². The number of hydrogen-bond acceptors (Lipinski definition) is 7. The lowest BCUT2D eigenvalue weighted by Crippen LogP contribution is -2.45. The first-order chi connectivity index (χ1) is 19.6. The number of fused-ring (bicyclic) bond motifs is 1. The lowest BCUT2D eigenvalue weighted by molar-refractivity contribution is -0.135. The molecule has 1 unspecified atom stereocenters. The Hall–Kier alpha value is -3.36. The van der Waals surface area contributed by atoms with Gasteiger partial charge in [-0.3, -0.25) is 4.79 Å². The van der Waals surface area contributed by atoms with Crippen LogP contribution in [0.4, 0.5) is 11.8 Å². The van der Waals surface area contributed by atoms with Crippen molar-refractivity contribution in [3.8, 4) is 0 Å². The third-order valence-corrected chi connectivity index (χ3v) is 9.04. The minimum Gasteiger partial charge on any atom is -0.392 e. The topological polar surface area (TPSA) is 81.6 Å². The molecule has 1 fully saturated rings. The number of nitrogens with zero attached hydrogens (tertiary/aromatic N) is 4. The van der Waals surface area contributed by atoms with Crippen LogP contribution in [-0.2, 0) is 11.3 Å². The number of para-hydroxylation sites is 1. The first-order valence-corrected chi connectivity index (χ1v) is 15.2. The van der Waals surface area contributed by atoms with Gasteiger partial charge in [0.1, 0.15) is 5.82 Å². The summed E-state index contributed by atoms with van der Waals surface area (Å²) in [6.45, 7) is 7.79. The van der Waals surface area contributed by atoms with Gasteiger partial charge < -0.3 is 20.2 Å². The number of thioether (sulfide) groups is 1. The second-order valence-electron chi connectivity index (χ2n) is 10.3. The molecule has 1 saturated heterocycles. The molecule has 2 aliphatic rings. The number of amides is 1. The summed E-state index contributed by atoms with van der Waals surface area (Å²) >= 11 is 1.70. The molecule has 0 bridgehead atoms. The van der Waals surface area contributed by atoms with E-state index in [-0.39, 0.29) is 18.4 Å². The second-order valence-corrected chi connectivity index (χ2v) is 11.4. The highest BCUT2D eigenvalue weighted by Crippen LogP contribution is 2.36. The van der Waals surface area contributed by atoms with Crippen molar-refractivity contribution in [3.05, 3.63) is 76.7 Å². The van der Waals surface area contributed by atoms with E-state index in [1.54, 1.807) is 11.8 Å². The van der Waals surface area contributed by atoms with Crippen molar-refractivity contribution in [2.75, 3.05) is 43.0 Å². The largest absolute Gasteiger partial charge is 0.392 e. The van der Waals surface area contributed by atoms with Crippen molar-refractivity contribution < 1.29 is 9.90 Å². The van der Waals surface area contributed by atoms with Gasteiger partial charge in [-0.2, -0.15) is 4.98 Å². The summed E-state index contributed by atoms with van der Waals surface area (Å²) in [5.74, 6) is 1.69. The van der Waals surface area contributed by atoms with Crippen LogP contribution < -0.4 is 10.2 Å². The van der Waals surface area contributed by atoms with Crippen molar-refractivity contribution in [3.63, 3.8) is 0 Å². The van der Waals surface area contributed by atoms with Crippen LogP contribution in [-0.4, -0.2) is 58.7 Å². The smallest absolute Gasteiger partial charge is 0.227 e. The summed E-state index contributed by atoms with van der Waals surface area (Å²) in [6.07, 6.45) is 8.06. The lowest BCUT2D eigenvalue weighted by atomic mass is 9.96.